The van der Waals surface area contributed by atoms with E-state index in [-0.39, 0.29) is 17.7 Å². The molecule has 0 spiro atoms. The molecule has 0 atom stereocenters. The number of carbonyl (C=O) groups excluding carboxylic acids is 1. The van der Waals surface area contributed by atoms with Gasteiger partial charge in [0.25, 0.3) is 0 Å². The first-order valence-corrected chi connectivity index (χ1v) is 4.30. The van der Waals surface area contributed by atoms with Gasteiger partial charge in [-0.05, 0) is 12.0 Å². The maximum atomic E-state index is 11.3. The molecule has 2 N–H and O–H groups in total. The zero-order valence-electron chi connectivity index (χ0n) is 8.63. The molecule has 0 fully saturated rings. The van der Waals surface area contributed by atoms with Crippen LogP contribution in [0.5, 0.6) is 0 Å². The fourth-order valence-electron chi connectivity index (χ4n) is 1.02. The Hall–Kier alpha value is -1.01. The first-order valence-electron chi connectivity index (χ1n) is 4.30. The van der Waals surface area contributed by atoms with Gasteiger partial charge in [0.05, 0.1) is 6.42 Å². The average molecular weight is 182 g/mol. The molecule has 0 aliphatic carbocycles. The molecule has 0 aromatic rings. The van der Waals surface area contributed by atoms with E-state index in [1.54, 1.807) is 11.9 Å². The highest BCUT2D eigenvalue weighted by atomic mass is 16.2. The predicted octanol–water partition coefficient (Wildman–Crippen LogP) is 0.453. The van der Waals surface area contributed by atoms with E-state index in [0.29, 0.717) is 13.1 Å². The second-order valence-corrected chi connectivity index (χ2v) is 4.00. The van der Waals surface area contributed by atoms with Crippen molar-refractivity contribution >= 4 is 5.91 Å². The van der Waals surface area contributed by atoms with Crippen molar-refractivity contribution in [1.82, 2.24) is 4.90 Å². The van der Waals surface area contributed by atoms with Crippen LogP contribution in [0.2, 0.25) is 0 Å². The molecule has 0 aromatic heterocycles. The number of carbonyl (C=O) groups is 1. The van der Waals surface area contributed by atoms with Gasteiger partial charge in [0.15, 0.2) is 0 Å². The van der Waals surface area contributed by atoms with Crippen molar-refractivity contribution in [2.75, 3.05) is 20.1 Å². The zero-order valence-corrected chi connectivity index (χ0v) is 8.63. The number of hydrogen-bond acceptors (Lipinski definition) is 2. The summed E-state index contributed by atoms with van der Waals surface area (Å²) in [6.07, 6.45) is 5.21. The summed E-state index contributed by atoms with van der Waals surface area (Å²) in [7, 11) is 1.75. The van der Waals surface area contributed by atoms with Crippen LogP contribution in [0.25, 0.3) is 0 Å². The SMILES string of the molecule is C#CCC(=O)N(C)CC(C)(C)CN. The molecule has 0 aliphatic rings. The third-order valence-electron chi connectivity index (χ3n) is 1.90. The number of nitrogens with zero attached hydrogens (tertiary/aromatic N) is 1. The van der Waals surface area contributed by atoms with Crippen molar-refractivity contribution in [1.29, 1.82) is 0 Å². The summed E-state index contributed by atoms with van der Waals surface area (Å²) in [5.41, 5.74) is 5.51. The predicted molar refractivity (Wildman–Crippen MR) is 53.9 cm³/mol. The smallest absolute Gasteiger partial charge is 0.234 e. The van der Waals surface area contributed by atoms with Gasteiger partial charge in [0.2, 0.25) is 5.91 Å². The van der Waals surface area contributed by atoms with Crippen LogP contribution in [-0.4, -0.2) is 30.9 Å². The summed E-state index contributed by atoms with van der Waals surface area (Å²) in [5.74, 6) is 2.31. The topological polar surface area (TPSA) is 46.3 Å². The molecule has 3 heteroatoms. The van der Waals surface area contributed by atoms with Gasteiger partial charge in [0, 0.05) is 13.6 Å². The molecular weight excluding hydrogens is 164 g/mol. The summed E-state index contributed by atoms with van der Waals surface area (Å²) in [5, 5.41) is 0. The molecule has 1 amide bonds. The van der Waals surface area contributed by atoms with E-state index >= 15 is 0 Å². The highest BCUT2D eigenvalue weighted by molar-refractivity contribution is 5.78. The maximum absolute atomic E-state index is 11.3. The Morgan fingerprint density at radius 1 is 1.62 bits per heavy atom. The molecular formula is C10H18N2O. The minimum Gasteiger partial charge on any atom is -0.344 e. The first-order chi connectivity index (χ1) is 5.93. The fourth-order valence-corrected chi connectivity index (χ4v) is 1.02. The van der Waals surface area contributed by atoms with E-state index in [9.17, 15) is 4.79 Å². The Morgan fingerprint density at radius 3 is 2.54 bits per heavy atom. The number of amides is 1. The second-order valence-electron chi connectivity index (χ2n) is 4.00. The third kappa shape index (κ3) is 4.54. The molecule has 0 heterocycles. The molecule has 0 unspecified atom stereocenters. The molecule has 13 heavy (non-hydrogen) atoms. The molecule has 0 radical (unpaired) electrons. The van der Waals surface area contributed by atoms with Crippen LogP contribution in [0.15, 0.2) is 0 Å². The molecule has 0 rings (SSSR count). The maximum Gasteiger partial charge on any atom is 0.234 e. The minimum absolute atomic E-state index is 0.0241. The average Bonchev–Trinajstić information content (AvgIpc) is 2.04. The third-order valence-corrected chi connectivity index (χ3v) is 1.90. The Morgan fingerprint density at radius 2 is 2.15 bits per heavy atom. The van der Waals surface area contributed by atoms with E-state index in [4.69, 9.17) is 12.2 Å². The highest BCUT2D eigenvalue weighted by Crippen LogP contribution is 2.13. The number of terminal acetylenes is 1. The van der Waals surface area contributed by atoms with Gasteiger partial charge in [-0.3, -0.25) is 4.79 Å². The number of rotatable bonds is 4. The molecule has 74 valence electrons. The Kier molecular flexibility index (Phi) is 4.50. The van der Waals surface area contributed by atoms with Gasteiger partial charge in [-0.2, -0.15) is 0 Å². The van der Waals surface area contributed by atoms with Gasteiger partial charge in [0.1, 0.15) is 0 Å². The molecule has 3 nitrogen and oxygen atoms in total. The number of hydrogen-bond donors (Lipinski definition) is 1. The summed E-state index contributed by atoms with van der Waals surface area (Å²) >= 11 is 0. The first kappa shape index (κ1) is 12.0. The van der Waals surface area contributed by atoms with E-state index < -0.39 is 0 Å². The van der Waals surface area contributed by atoms with Crippen molar-refractivity contribution in [3.63, 3.8) is 0 Å². The van der Waals surface area contributed by atoms with Crippen molar-refractivity contribution in [3.8, 4) is 12.3 Å². The van der Waals surface area contributed by atoms with E-state index in [0.717, 1.165) is 0 Å². The molecule has 0 aromatic carbocycles. The molecule has 0 bridgehead atoms. The van der Waals surface area contributed by atoms with E-state index in [2.05, 4.69) is 5.92 Å². The van der Waals surface area contributed by atoms with Crippen LogP contribution in [-0.2, 0) is 4.79 Å². The zero-order chi connectivity index (χ0) is 10.5. The van der Waals surface area contributed by atoms with Crippen molar-refractivity contribution in [2.45, 2.75) is 20.3 Å². The lowest BCUT2D eigenvalue weighted by Gasteiger charge is -2.28. The van der Waals surface area contributed by atoms with Crippen LogP contribution in [0.4, 0.5) is 0 Å². The summed E-state index contributed by atoms with van der Waals surface area (Å²) in [4.78, 5) is 12.9. The lowest BCUT2D eigenvalue weighted by molar-refractivity contribution is -0.129. The van der Waals surface area contributed by atoms with E-state index in [1.807, 2.05) is 13.8 Å². The monoisotopic (exact) mass is 182 g/mol. The summed E-state index contributed by atoms with van der Waals surface area (Å²) < 4.78 is 0. The van der Waals surface area contributed by atoms with Crippen LogP contribution in [0.1, 0.15) is 20.3 Å². The Bertz CT molecular complexity index is 215. The molecule has 0 saturated carbocycles. The lowest BCUT2D eigenvalue weighted by Crippen LogP contribution is -2.39. The van der Waals surface area contributed by atoms with Gasteiger partial charge >= 0.3 is 0 Å². The Balaban J connectivity index is 4.08. The normalized spacial score (nSPS) is 10.7. The molecule has 0 saturated heterocycles. The van der Waals surface area contributed by atoms with Crippen LogP contribution < -0.4 is 5.73 Å². The van der Waals surface area contributed by atoms with Crippen LogP contribution in [0, 0.1) is 17.8 Å². The highest BCUT2D eigenvalue weighted by Gasteiger charge is 2.20. The van der Waals surface area contributed by atoms with Crippen LogP contribution in [0.3, 0.4) is 0 Å². The summed E-state index contributed by atoms with van der Waals surface area (Å²) in [6, 6.07) is 0. The number of nitrogens with two attached hydrogens (primary N) is 1. The van der Waals surface area contributed by atoms with Crippen LogP contribution >= 0.6 is 0 Å². The van der Waals surface area contributed by atoms with Gasteiger partial charge < -0.3 is 10.6 Å². The summed E-state index contributed by atoms with van der Waals surface area (Å²) in [6.45, 7) is 5.24. The van der Waals surface area contributed by atoms with E-state index in [1.165, 1.54) is 0 Å². The van der Waals surface area contributed by atoms with Crippen molar-refractivity contribution in [3.05, 3.63) is 0 Å². The van der Waals surface area contributed by atoms with Gasteiger partial charge in [-0.15, -0.1) is 6.42 Å². The largest absolute Gasteiger partial charge is 0.344 e. The standard InChI is InChI=1S/C10H18N2O/c1-5-6-9(13)12(4)8-10(2,3)7-11/h1H,6-8,11H2,2-4H3. The minimum atomic E-state index is -0.0427. The fraction of sp³-hybridized carbons (Fsp3) is 0.700. The molecule has 0 aliphatic heterocycles. The lowest BCUT2D eigenvalue weighted by atomic mass is 9.93. The van der Waals surface area contributed by atoms with Crippen molar-refractivity contribution in [2.24, 2.45) is 11.1 Å². The quantitative estimate of drug-likeness (QED) is 0.642. The van der Waals surface area contributed by atoms with Crippen molar-refractivity contribution < 1.29 is 4.79 Å². The van der Waals surface area contributed by atoms with Gasteiger partial charge in [-0.25, -0.2) is 0 Å². The second kappa shape index (κ2) is 4.88. The van der Waals surface area contributed by atoms with Gasteiger partial charge in [-0.1, -0.05) is 19.8 Å². The Labute approximate surface area is 80.3 Å².